The Morgan fingerprint density at radius 2 is 1.93 bits per heavy atom. The van der Waals surface area contributed by atoms with Crippen LogP contribution in [-0.2, 0) is 10.0 Å². The van der Waals surface area contributed by atoms with Gasteiger partial charge in [-0.2, -0.15) is 0 Å². The molecule has 0 N–H and O–H groups in total. The highest BCUT2D eigenvalue weighted by Crippen LogP contribution is 2.30. The molecule has 146 valence electrons. The van der Waals surface area contributed by atoms with Gasteiger partial charge in [-0.05, 0) is 36.9 Å². The van der Waals surface area contributed by atoms with Crippen molar-refractivity contribution in [2.75, 3.05) is 38.1 Å². The second-order valence-electron chi connectivity index (χ2n) is 7.13. The Kier molecular flexibility index (Phi) is 4.95. The van der Waals surface area contributed by atoms with Crippen LogP contribution in [0.15, 0.2) is 67.6 Å². The third-order valence-corrected chi connectivity index (χ3v) is 7.30. The van der Waals surface area contributed by atoms with Crippen LogP contribution in [0.3, 0.4) is 0 Å². The number of anilines is 1. The first kappa shape index (κ1) is 18.7. The number of rotatable bonds is 5. The van der Waals surface area contributed by atoms with Crippen molar-refractivity contribution in [2.24, 2.45) is 0 Å². The summed E-state index contributed by atoms with van der Waals surface area (Å²) in [7, 11) is -1.59. The van der Waals surface area contributed by atoms with E-state index < -0.39 is 15.3 Å². The van der Waals surface area contributed by atoms with E-state index in [9.17, 15) is 8.42 Å². The maximum absolute atomic E-state index is 13.4. The molecule has 7 heteroatoms. The Bertz CT molecular complexity index is 1080. The number of pyridine rings is 1. The largest absolute Gasteiger partial charge is 0.369 e. The molecule has 3 heterocycles. The van der Waals surface area contributed by atoms with Gasteiger partial charge in [0.05, 0.1) is 5.52 Å². The molecule has 1 fully saturated rings. The van der Waals surface area contributed by atoms with Crippen LogP contribution in [-0.4, -0.2) is 55.5 Å². The SMILES string of the molecule is C=CC(c1cccnc1)S(=O)(=O)n1ccc2ccc(N3CCN(C)CC3)cc21. The first-order chi connectivity index (χ1) is 13.5. The molecule has 1 aliphatic rings. The van der Waals surface area contributed by atoms with Crippen molar-refractivity contribution in [3.63, 3.8) is 0 Å². The Hall–Kier alpha value is -2.64. The highest BCUT2D eigenvalue weighted by molar-refractivity contribution is 7.90. The van der Waals surface area contributed by atoms with Gasteiger partial charge in [0.1, 0.15) is 5.25 Å². The zero-order valence-electron chi connectivity index (χ0n) is 15.9. The molecule has 0 amide bonds. The van der Waals surface area contributed by atoms with Crippen LogP contribution in [0.25, 0.3) is 10.9 Å². The number of fused-ring (bicyclic) bond motifs is 1. The second kappa shape index (κ2) is 7.41. The topological polar surface area (TPSA) is 58.4 Å². The molecule has 3 aromatic rings. The second-order valence-corrected chi connectivity index (χ2v) is 9.06. The van der Waals surface area contributed by atoms with Crippen molar-refractivity contribution in [1.29, 1.82) is 0 Å². The van der Waals surface area contributed by atoms with Gasteiger partial charge in [0.2, 0.25) is 10.0 Å². The van der Waals surface area contributed by atoms with Gasteiger partial charge in [0, 0.05) is 55.8 Å². The summed E-state index contributed by atoms with van der Waals surface area (Å²) in [5.74, 6) is 0. The van der Waals surface area contributed by atoms with E-state index in [1.807, 2.05) is 18.2 Å². The molecule has 4 rings (SSSR count). The van der Waals surface area contributed by atoms with Crippen LogP contribution in [0.1, 0.15) is 10.8 Å². The standard InChI is InChI=1S/C21H24N4O2S/c1-3-21(18-5-4-9-22-16-18)28(26,27)25-10-8-17-6-7-19(15-20(17)25)24-13-11-23(2)12-14-24/h3-10,15-16,21H,1,11-14H2,2H3. The minimum Gasteiger partial charge on any atom is -0.369 e. The monoisotopic (exact) mass is 396 g/mol. The predicted octanol–water partition coefficient (Wildman–Crippen LogP) is 2.89. The Labute approximate surface area is 165 Å². The first-order valence-electron chi connectivity index (χ1n) is 9.32. The number of piperazine rings is 1. The fraction of sp³-hybridized carbons (Fsp3) is 0.286. The molecule has 28 heavy (non-hydrogen) atoms. The lowest BCUT2D eigenvalue weighted by Gasteiger charge is -2.34. The molecule has 2 aromatic heterocycles. The van der Waals surface area contributed by atoms with Crippen LogP contribution in [0.4, 0.5) is 5.69 Å². The van der Waals surface area contributed by atoms with E-state index >= 15 is 0 Å². The zero-order chi connectivity index (χ0) is 19.7. The molecule has 0 saturated carbocycles. The molecule has 1 unspecified atom stereocenters. The average molecular weight is 397 g/mol. The van der Waals surface area contributed by atoms with Crippen LogP contribution >= 0.6 is 0 Å². The minimum atomic E-state index is -3.71. The Morgan fingerprint density at radius 3 is 2.61 bits per heavy atom. The molecule has 0 aliphatic carbocycles. The van der Waals surface area contributed by atoms with Gasteiger partial charge in [-0.15, -0.1) is 6.58 Å². The number of likely N-dealkylation sites (N-methyl/N-ethyl adjacent to an activating group) is 1. The number of aromatic nitrogens is 2. The zero-order valence-corrected chi connectivity index (χ0v) is 16.7. The van der Waals surface area contributed by atoms with Crippen LogP contribution < -0.4 is 4.90 Å². The van der Waals surface area contributed by atoms with Crippen LogP contribution in [0.2, 0.25) is 0 Å². The lowest BCUT2D eigenvalue weighted by Crippen LogP contribution is -2.44. The Morgan fingerprint density at radius 1 is 1.14 bits per heavy atom. The quantitative estimate of drug-likeness (QED) is 0.621. The molecule has 6 nitrogen and oxygen atoms in total. The van der Waals surface area contributed by atoms with Crippen molar-refractivity contribution in [3.8, 4) is 0 Å². The molecule has 0 radical (unpaired) electrons. The highest BCUT2D eigenvalue weighted by Gasteiger charge is 2.28. The lowest BCUT2D eigenvalue weighted by molar-refractivity contribution is 0.313. The van der Waals surface area contributed by atoms with Gasteiger partial charge < -0.3 is 9.80 Å². The van der Waals surface area contributed by atoms with Gasteiger partial charge in [-0.3, -0.25) is 4.98 Å². The molecule has 1 atom stereocenters. The van der Waals surface area contributed by atoms with E-state index in [1.54, 1.807) is 30.7 Å². The summed E-state index contributed by atoms with van der Waals surface area (Å²) in [5, 5.41) is 0.0412. The molecular weight excluding hydrogens is 372 g/mol. The van der Waals surface area contributed by atoms with Gasteiger partial charge >= 0.3 is 0 Å². The number of benzene rings is 1. The van der Waals surface area contributed by atoms with E-state index in [2.05, 4.69) is 34.5 Å². The van der Waals surface area contributed by atoms with Gasteiger partial charge in [-0.1, -0.05) is 18.2 Å². The van der Waals surface area contributed by atoms with E-state index in [4.69, 9.17) is 0 Å². The van der Waals surface area contributed by atoms with Crippen LogP contribution in [0, 0.1) is 0 Å². The summed E-state index contributed by atoms with van der Waals surface area (Å²) in [6.07, 6.45) is 6.29. The molecule has 1 aliphatic heterocycles. The number of nitrogens with zero attached hydrogens (tertiary/aromatic N) is 4. The molecule has 0 bridgehead atoms. The summed E-state index contributed by atoms with van der Waals surface area (Å²) >= 11 is 0. The highest BCUT2D eigenvalue weighted by atomic mass is 32.2. The smallest absolute Gasteiger partial charge is 0.249 e. The van der Waals surface area contributed by atoms with E-state index in [0.717, 1.165) is 37.3 Å². The molecule has 1 aromatic carbocycles. The van der Waals surface area contributed by atoms with Gasteiger partial charge in [-0.25, -0.2) is 12.4 Å². The van der Waals surface area contributed by atoms with Crippen molar-refractivity contribution in [1.82, 2.24) is 13.9 Å². The molecule has 1 saturated heterocycles. The Balaban J connectivity index is 1.75. The minimum absolute atomic E-state index is 0.606. The van der Waals surface area contributed by atoms with Gasteiger partial charge in [0.25, 0.3) is 0 Å². The van der Waals surface area contributed by atoms with Crippen molar-refractivity contribution in [3.05, 3.63) is 73.2 Å². The third kappa shape index (κ3) is 3.31. The summed E-state index contributed by atoms with van der Waals surface area (Å²) in [6.45, 7) is 7.61. The molecular formula is C21H24N4O2S. The van der Waals surface area contributed by atoms with E-state index in [0.29, 0.717) is 11.1 Å². The third-order valence-electron chi connectivity index (χ3n) is 5.33. The summed E-state index contributed by atoms with van der Waals surface area (Å²) in [4.78, 5) is 8.66. The van der Waals surface area contributed by atoms with Crippen LogP contribution in [0.5, 0.6) is 0 Å². The van der Waals surface area contributed by atoms with Gasteiger partial charge in [0.15, 0.2) is 0 Å². The lowest BCUT2D eigenvalue weighted by atomic mass is 10.2. The van der Waals surface area contributed by atoms with Crippen molar-refractivity contribution >= 4 is 26.6 Å². The van der Waals surface area contributed by atoms with E-state index in [-0.39, 0.29) is 0 Å². The average Bonchev–Trinajstić information content (AvgIpc) is 3.14. The van der Waals surface area contributed by atoms with E-state index in [1.165, 1.54) is 10.0 Å². The normalized spacial score (nSPS) is 17.0. The maximum Gasteiger partial charge on any atom is 0.249 e. The number of hydrogen-bond acceptors (Lipinski definition) is 5. The summed E-state index contributed by atoms with van der Waals surface area (Å²) in [6, 6.07) is 11.4. The predicted molar refractivity (Wildman–Crippen MR) is 113 cm³/mol. The molecule has 0 spiro atoms. The van der Waals surface area contributed by atoms with Crippen molar-refractivity contribution < 1.29 is 8.42 Å². The first-order valence-corrected chi connectivity index (χ1v) is 10.8. The fourth-order valence-electron chi connectivity index (χ4n) is 3.67. The maximum atomic E-state index is 13.4. The van der Waals surface area contributed by atoms with Crippen molar-refractivity contribution in [2.45, 2.75) is 5.25 Å². The summed E-state index contributed by atoms with van der Waals surface area (Å²) in [5.41, 5.74) is 2.34. The fourth-order valence-corrected chi connectivity index (χ4v) is 5.31. The summed E-state index contributed by atoms with van der Waals surface area (Å²) < 4.78 is 28.2. The number of hydrogen-bond donors (Lipinski definition) is 0.